The number of pyridine rings is 1. The van der Waals surface area contributed by atoms with E-state index in [-0.39, 0.29) is 11.2 Å². The fraction of sp³-hybridized carbons (Fsp3) is 0.412. The molecule has 1 atom stereocenters. The summed E-state index contributed by atoms with van der Waals surface area (Å²) in [7, 11) is 0. The van der Waals surface area contributed by atoms with Gasteiger partial charge in [0.15, 0.2) is 0 Å². The van der Waals surface area contributed by atoms with Gasteiger partial charge in [0.2, 0.25) is 0 Å². The number of aryl methyl sites for hydroxylation is 2. The zero-order valence-corrected chi connectivity index (χ0v) is 13.8. The molecule has 0 saturated heterocycles. The van der Waals surface area contributed by atoms with Gasteiger partial charge in [-0.2, -0.15) is 0 Å². The summed E-state index contributed by atoms with van der Waals surface area (Å²) in [6.07, 6.45) is 0.733. The van der Waals surface area contributed by atoms with Crippen LogP contribution in [-0.4, -0.2) is 22.8 Å². The molecule has 1 aromatic heterocycles. The number of ether oxygens (including phenoxy) is 1. The number of nitrogens with zero attached hydrogens (tertiary/aromatic N) is 1. The standard InChI is InChI=1S/C17H21NO2S/c1-5-15(17(19)20-6-2)21-16-12(4)10-13-8-7-11(3)9-14(13)18-16/h7-10,15H,5-6H2,1-4H3. The molecule has 0 aliphatic heterocycles. The van der Waals surface area contributed by atoms with Crippen LogP contribution in [0.5, 0.6) is 0 Å². The van der Waals surface area contributed by atoms with Gasteiger partial charge in [0, 0.05) is 5.39 Å². The summed E-state index contributed by atoms with van der Waals surface area (Å²) in [6.45, 7) is 8.33. The molecule has 2 rings (SSSR count). The first-order valence-corrected chi connectivity index (χ1v) is 8.14. The van der Waals surface area contributed by atoms with E-state index in [1.54, 1.807) is 0 Å². The fourth-order valence-electron chi connectivity index (χ4n) is 2.15. The van der Waals surface area contributed by atoms with Crippen molar-refractivity contribution in [3.05, 3.63) is 35.4 Å². The minimum Gasteiger partial charge on any atom is -0.465 e. The van der Waals surface area contributed by atoms with Gasteiger partial charge in [-0.1, -0.05) is 30.8 Å². The van der Waals surface area contributed by atoms with Crippen molar-refractivity contribution in [2.45, 2.75) is 44.4 Å². The van der Waals surface area contributed by atoms with E-state index in [0.29, 0.717) is 6.61 Å². The molecule has 0 saturated carbocycles. The molecule has 0 aliphatic rings. The van der Waals surface area contributed by atoms with Crippen LogP contribution in [0.2, 0.25) is 0 Å². The molecule has 0 spiro atoms. The molecule has 0 bridgehead atoms. The van der Waals surface area contributed by atoms with Crippen LogP contribution in [-0.2, 0) is 9.53 Å². The number of hydrogen-bond donors (Lipinski definition) is 0. The van der Waals surface area contributed by atoms with Crippen LogP contribution in [0.15, 0.2) is 29.3 Å². The minimum atomic E-state index is -0.196. The molecule has 0 radical (unpaired) electrons. The van der Waals surface area contributed by atoms with Crippen molar-refractivity contribution in [1.29, 1.82) is 0 Å². The molecule has 2 aromatic rings. The highest BCUT2D eigenvalue weighted by atomic mass is 32.2. The molecular formula is C17H21NO2S. The quantitative estimate of drug-likeness (QED) is 0.610. The topological polar surface area (TPSA) is 39.2 Å². The molecular weight excluding hydrogens is 282 g/mol. The lowest BCUT2D eigenvalue weighted by atomic mass is 10.1. The Hall–Kier alpha value is -1.55. The third kappa shape index (κ3) is 3.76. The summed E-state index contributed by atoms with van der Waals surface area (Å²) in [5, 5.41) is 1.85. The lowest BCUT2D eigenvalue weighted by molar-refractivity contribution is -0.142. The number of esters is 1. The lowest BCUT2D eigenvalue weighted by Gasteiger charge is -2.14. The average Bonchev–Trinajstić information content (AvgIpc) is 2.45. The Balaban J connectivity index is 2.32. The van der Waals surface area contributed by atoms with Crippen LogP contribution in [0.3, 0.4) is 0 Å². The summed E-state index contributed by atoms with van der Waals surface area (Å²) >= 11 is 1.50. The summed E-state index contributed by atoms with van der Waals surface area (Å²) in [4.78, 5) is 16.7. The Morgan fingerprint density at radius 2 is 2.05 bits per heavy atom. The van der Waals surface area contributed by atoms with E-state index in [4.69, 9.17) is 9.72 Å². The highest BCUT2D eigenvalue weighted by molar-refractivity contribution is 8.00. The maximum absolute atomic E-state index is 11.9. The van der Waals surface area contributed by atoms with Crippen molar-refractivity contribution in [2.75, 3.05) is 6.61 Å². The molecule has 112 valence electrons. The number of carbonyl (C=O) groups excluding carboxylic acids is 1. The maximum atomic E-state index is 11.9. The van der Waals surface area contributed by atoms with Crippen molar-refractivity contribution in [2.24, 2.45) is 0 Å². The zero-order valence-electron chi connectivity index (χ0n) is 13.0. The smallest absolute Gasteiger partial charge is 0.319 e. The number of hydrogen-bond acceptors (Lipinski definition) is 4. The SMILES string of the molecule is CCOC(=O)C(CC)Sc1nc2cc(C)ccc2cc1C. The highest BCUT2D eigenvalue weighted by Gasteiger charge is 2.20. The number of aromatic nitrogens is 1. The Bertz CT molecular complexity index is 655. The molecule has 1 aromatic carbocycles. The second-order valence-corrected chi connectivity index (χ2v) is 6.26. The van der Waals surface area contributed by atoms with Gasteiger partial charge in [-0.05, 0) is 50.5 Å². The van der Waals surface area contributed by atoms with Gasteiger partial charge in [0.1, 0.15) is 10.3 Å². The maximum Gasteiger partial charge on any atom is 0.319 e. The second-order valence-electron chi connectivity index (χ2n) is 5.07. The number of carbonyl (C=O) groups is 1. The number of rotatable bonds is 5. The molecule has 1 heterocycles. The average molecular weight is 303 g/mol. The van der Waals surface area contributed by atoms with E-state index in [9.17, 15) is 4.79 Å². The van der Waals surface area contributed by atoms with E-state index >= 15 is 0 Å². The van der Waals surface area contributed by atoms with E-state index in [1.165, 1.54) is 17.3 Å². The van der Waals surface area contributed by atoms with E-state index < -0.39 is 0 Å². The third-order valence-electron chi connectivity index (χ3n) is 3.29. The molecule has 0 amide bonds. The van der Waals surface area contributed by atoms with Crippen LogP contribution in [0.1, 0.15) is 31.4 Å². The Morgan fingerprint density at radius 1 is 1.29 bits per heavy atom. The lowest BCUT2D eigenvalue weighted by Crippen LogP contribution is -2.19. The van der Waals surface area contributed by atoms with E-state index in [1.807, 2.05) is 20.8 Å². The van der Waals surface area contributed by atoms with Gasteiger partial charge in [-0.25, -0.2) is 4.98 Å². The fourth-order valence-corrected chi connectivity index (χ4v) is 3.15. The van der Waals surface area contributed by atoms with Crippen molar-refractivity contribution < 1.29 is 9.53 Å². The molecule has 1 unspecified atom stereocenters. The Kier molecular flexibility index (Phi) is 5.23. The zero-order chi connectivity index (χ0) is 15.4. The van der Waals surface area contributed by atoms with Gasteiger partial charge in [-0.3, -0.25) is 4.79 Å². The van der Waals surface area contributed by atoms with E-state index in [0.717, 1.165) is 27.9 Å². The molecule has 3 nitrogen and oxygen atoms in total. The van der Waals surface area contributed by atoms with Crippen LogP contribution >= 0.6 is 11.8 Å². The van der Waals surface area contributed by atoms with Crippen molar-refractivity contribution >= 4 is 28.6 Å². The van der Waals surface area contributed by atoms with Gasteiger partial charge >= 0.3 is 5.97 Å². The summed E-state index contributed by atoms with van der Waals surface area (Å²) in [5.74, 6) is -0.157. The largest absolute Gasteiger partial charge is 0.465 e. The predicted molar refractivity (Wildman–Crippen MR) is 87.8 cm³/mol. The van der Waals surface area contributed by atoms with Gasteiger partial charge in [0.05, 0.1) is 12.1 Å². The molecule has 0 fully saturated rings. The van der Waals surface area contributed by atoms with Crippen LogP contribution in [0, 0.1) is 13.8 Å². The Labute approximate surface area is 130 Å². The molecule has 21 heavy (non-hydrogen) atoms. The number of thioether (sulfide) groups is 1. The molecule has 0 aliphatic carbocycles. The second kappa shape index (κ2) is 6.94. The first kappa shape index (κ1) is 15.8. The van der Waals surface area contributed by atoms with Crippen molar-refractivity contribution in [1.82, 2.24) is 4.98 Å². The van der Waals surface area contributed by atoms with E-state index in [2.05, 4.69) is 31.2 Å². The summed E-state index contributed by atoms with van der Waals surface area (Å²) in [5.41, 5.74) is 3.26. The first-order chi connectivity index (χ1) is 10.0. The molecule has 0 N–H and O–H groups in total. The van der Waals surface area contributed by atoms with Crippen LogP contribution in [0.25, 0.3) is 10.9 Å². The third-order valence-corrected chi connectivity index (χ3v) is 4.74. The molecule has 4 heteroatoms. The normalized spacial score (nSPS) is 12.4. The minimum absolute atomic E-state index is 0.157. The monoisotopic (exact) mass is 303 g/mol. The van der Waals surface area contributed by atoms with Gasteiger partial charge in [-0.15, -0.1) is 0 Å². The number of benzene rings is 1. The predicted octanol–water partition coefficient (Wildman–Crippen LogP) is 4.29. The Morgan fingerprint density at radius 3 is 2.71 bits per heavy atom. The summed E-state index contributed by atoms with van der Waals surface area (Å²) in [6, 6.07) is 8.37. The number of fused-ring (bicyclic) bond motifs is 1. The van der Waals surface area contributed by atoms with Gasteiger partial charge in [0.25, 0.3) is 0 Å². The van der Waals surface area contributed by atoms with Crippen LogP contribution in [0.4, 0.5) is 0 Å². The van der Waals surface area contributed by atoms with Crippen LogP contribution < -0.4 is 0 Å². The van der Waals surface area contributed by atoms with Gasteiger partial charge < -0.3 is 4.74 Å². The summed E-state index contributed by atoms with van der Waals surface area (Å²) < 4.78 is 5.13. The van der Waals surface area contributed by atoms with Crippen molar-refractivity contribution in [3.8, 4) is 0 Å². The highest BCUT2D eigenvalue weighted by Crippen LogP contribution is 2.30. The van der Waals surface area contributed by atoms with Crippen molar-refractivity contribution in [3.63, 3.8) is 0 Å². The first-order valence-electron chi connectivity index (χ1n) is 7.26.